The number of nitrogens with zero attached hydrogens (tertiary/aromatic N) is 1. The van der Waals surface area contributed by atoms with Gasteiger partial charge in [0, 0.05) is 12.4 Å². The summed E-state index contributed by atoms with van der Waals surface area (Å²) >= 11 is 0. The quantitative estimate of drug-likeness (QED) is 0.718. The summed E-state index contributed by atoms with van der Waals surface area (Å²) in [5, 5.41) is 8.14. The molecule has 0 saturated heterocycles. The lowest BCUT2D eigenvalue weighted by Crippen LogP contribution is -1.98. The molecule has 0 atom stereocenters. The fourth-order valence-electron chi connectivity index (χ4n) is 0.778. The molecule has 0 bridgehead atoms. The Bertz CT molecular complexity index is 295. The monoisotopic (exact) mass is 179 g/mol. The predicted octanol–water partition coefficient (Wildman–Crippen LogP) is 1.79. The molecule has 0 saturated carbocycles. The Morgan fingerprint density at radius 2 is 2.54 bits per heavy atom. The van der Waals surface area contributed by atoms with Crippen LogP contribution in [0.15, 0.2) is 30.6 Å². The van der Waals surface area contributed by atoms with Gasteiger partial charge >= 0.3 is 6.16 Å². The topological polar surface area (TPSA) is 59.4 Å². The van der Waals surface area contributed by atoms with Crippen LogP contribution >= 0.6 is 0 Å². The Morgan fingerprint density at radius 3 is 3.15 bits per heavy atom. The number of rotatable bonds is 3. The average Bonchev–Trinajstić information content (AvgIpc) is 2.14. The minimum Gasteiger partial charge on any atom is -0.450 e. The molecule has 1 heterocycles. The highest BCUT2D eigenvalue weighted by Crippen LogP contribution is 1.97. The molecule has 0 aromatic carbocycles. The Labute approximate surface area is 75.5 Å². The number of aromatic nitrogens is 1. The van der Waals surface area contributed by atoms with Crippen molar-refractivity contribution in [3.05, 3.63) is 36.2 Å². The standard InChI is InChI=1S/C9H9NO3/c11-9(12)13-6-2-4-8-3-1-5-10-7-8/h1-5,7H,6H2,(H,11,12). The fourth-order valence-corrected chi connectivity index (χ4v) is 0.778. The van der Waals surface area contributed by atoms with Crippen LogP contribution in [-0.4, -0.2) is 22.9 Å². The summed E-state index contributed by atoms with van der Waals surface area (Å²) in [6, 6.07) is 3.67. The van der Waals surface area contributed by atoms with Gasteiger partial charge in [-0.3, -0.25) is 4.98 Å². The second kappa shape index (κ2) is 4.92. The van der Waals surface area contributed by atoms with Crippen molar-refractivity contribution in [2.45, 2.75) is 0 Å². The molecular formula is C9H9NO3. The van der Waals surface area contributed by atoms with Crippen molar-refractivity contribution in [3.63, 3.8) is 0 Å². The van der Waals surface area contributed by atoms with Crippen LogP contribution in [0, 0.1) is 0 Å². The number of carbonyl (C=O) groups is 1. The molecule has 0 unspecified atom stereocenters. The summed E-state index contributed by atoms with van der Waals surface area (Å²) in [5.41, 5.74) is 0.913. The molecule has 4 nitrogen and oxygen atoms in total. The lowest BCUT2D eigenvalue weighted by molar-refractivity contribution is 0.102. The fraction of sp³-hybridized carbons (Fsp3) is 0.111. The second-order valence-corrected chi connectivity index (χ2v) is 2.27. The molecule has 0 aliphatic carbocycles. The average molecular weight is 179 g/mol. The Kier molecular flexibility index (Phi) is 3.50. The number of carboxylic acid groups (broad SMARTS) is 1. The first-order valence-electron chi connectivity index (χ1n) is 3.71. The van der Waals surface area contributed by atoms with E-state index in [1.54, 1.807) is 30.6 Å². The van der Waals surface area contributed by atoms with Crippen LogP contribution in [0.2, 0.25) is 0 Å². The highest BCUT2D eigenvalue weighted by atomic mass is 16.7. The van der Waals surface area contributed by atoms with Crippen LogP contribution in [0.4, 0.5) is 4.79 Å². The molecule has 0 fully saturated rings. The van der Waals surface area contributed by atoms with Crippen molar-refractivity contribution >= 4 is 12.2 Å². The molecule has 1 rings (SSSR count). The molecule has 1 aromatic heterocycles. The van der Waals surface area contributed by atoms with Gasteiger partial charge in [-0.05, 0) is 17.7 Å². The number of ether oxygens (including phenoxy) is 1. The van der Waals surface area contributed by atoms with E-state index < -0.39 is 6.16 Å². The van der Waals surface area contributed by atoms with Gasteiger partial charge in [-0.25, -0.2) is 4.79 Å². The number of hydrogen-bond acceptors (Lipinski definition) is 3. The third-order valence-corrected chi connectivity index (χ3v) is 1.30. The van der Waals surface area contributed by atoms with Crippen LogP contribution in [-0.2, 0) is 4.74 Å². The Hall–Kier alpha value is -1.84. The van der Waals surface area contributed by atoms with Crippen LogP contribution < -0.4 is 0 Å². The second-order valence-electron chi connectivity index (χ2n) is 2.27. The molecule has 0 amide bonds. The largest absolute Gasteiger partial charge is 0.506 e. The maximum atomic E-state index is 9.94. The molecular weight excluding hydrogens is 170 g/mol. The van der Waals surface area contributed by atoms with E-state index in [4.69, 9.17) is 5.11 Å². The van der Waals surface area contributed by atoms with Crippen molar-refractivity contribution < 1.29 is 14.6 Å². The van der Waals surface area contributed by atoms with E-state index >= 15 is 0 Å². The lowest BCUT2D eigenvalue weighted by atomic mass is 10.3. The van der Waals surface area contributed by atoms with Crippen LogP contribution in [0.1, 0.15) is 5.56 Å². The zero-order valence-corrected chi connectivity index (χ0v) is 6.88. The van der Waals surface area contributed by atoms with Crippen molar-refractivity contribution in [3.8, 4) is 0 Å². The van der Waals surface area contributed by atoms with Crippen molar-refractivity contribution in [1.29, 1.82) is 0 Å². The van der Waals surface area contributed by atoms with Gasteiger partial charge in [-0.2, -0.15) is 0 Å². The van der Waals surface area contributed by atoms with Gasteiger partial charge in [-0.15, -0.1) is 0 Å². The van der Waals surface area contributed by atoms with E-state index in [-0.39, 0.29) is 6.61 Å². The van der Waals surface area contributed by atoms with E-state index in [9.17, 15) is 4.79 Å². The molecule has 0 aliphatic rings. The molecule has 13 heavy (non-hydrogen) atoms. The Balaban J connectivity index is 2.37. The van der Waals surface area contributed by atoms with Crippen LogP contribution in [0.25, 0.3) is 6.08 Å². The summed E-state index contributed by atoms with van der Waals surface area (Å²) < 4.78 is 4.27. The SMILES string of the molecule is O=C(O)OCC=Cc1cccnc1. The Morgan fingerprint density at radius 1 is 1.69 bits per heavy atom. The van der Waals surface area contributed by atoms with Crippen LogP contribution in [0.3, 0.4) is 0 Å². The van der Waals surface area contributed by atoms with Gasteiger partial charge in [0.1, 0.15) is 6.61 Å². The molecule has 0 radical (unpaired) electrons. The number of pyridine rings is 1. The maximum Gasteiger partial charge on any atom is 0.506 e. The van der Waals surface area contributed by atoms with Gasteiger partial charge in [0.2, 0.25) is 0 Å². The van der Waals surface area contributed by atoms with E-state index in [1.165, 1.54) is 0 Å². The highest BCUT2D eigenvalue weighted by Gasteiger charge is 1.90. The molecule has 4 heteroatoms. The maximum absolute atomic E-state index is 9.94. The predicted molar refractivity (Wildman–Crippen MR) is 47.2 cm³/mol. The molecule has 0 aliphatic heterocycles. The molecule has 0 spiro atoms. The summed E-state index contributed by atoms with van der Waals surface area (Å²) in [5.74, 6) is 0. The van der Waals surface area contributed by atoms with Crippen molar-refractivity contribution in [2.24, 2.45) is 0 Å². The summed E-state index contributed by atoms with van der Waals surface area (Å²) in [6.07, 6.45) is 5.44. The molecule has 1 N–H and O–H groups in total. The van der Waals surface area contributed by atoms with Gasteiger partial charge in [-0.1, -0.05) is 12.1 Å². The summed E-state index contributed by atoms with van der Waals surface area (Å²) in [4.78, 5) is 13.8. The zero-order chi connectivity index (χ0) is 9.52. The van der Waals surface area contributed by atoms with Gasteiger partial charge < -0.3 is 9.84 Å². The van der Waals surface area contributed by atoms with E-state index in [1.807, 2.05) is 6.07 Å². The number of hydrogen-bond donors (Lipinski definition) is 1. The first-order chi connectivity index (χ1) is 6.29. The third kappa shape index (κ3) is 3.91. The van der Waals surface area contributed by atoms with E-state index in [2.05, 4.69) is 9.72 Å². The van der Waals surface area contributed by atoms with E-state index in [0.717, 1.165) is 5.56 Å². The minimum atomic E-state index is -1.27. The van der Waals surface area contributed by atoms with Gasteiger partial charge in [0.05, 0.1) is 0 Å². The first kappa shape index (κ1) is 9.25. The zero-order valence-electron chi connectivity index (χ0n) is 6.88. The molecule has 68 valence electrons. The molecule has 1 aromatic rings. The smallest absolute Gasteiger partial charge is 0.450 e. The summed E-state index contributed by atoms with van der Waals surface area (Å²) in [7, 11) is 0. The van der Waals surface area contributed by atoms with Crippen molar-refractivity contribution in [2.75, 3.05) is 6.61 Å². The van der Waals surface area contributed by atoms with Crippen molar-refractivity contribution in [1.82, 2.24) is 4.98 Å². The lowest BCUT2D eigenvalue weighted by Gasteiger charge is -1.93. The van der Waals surface area contributed by atoms with Crippen LogP contribution in [0.5, 0.6) is 0 Å². The summed E-state index contributed by atoms with van der Waals surface area (Å²) in [6.45, 7) is 0.0597. The third-order valence-electron chi connectivity index (χ3n) is 1.30. The highest BCUT2D eigenvalue weighted by molar-refractivity contribution is 5.57. The first-order valence-corrected chi connectivity index (χ1v) is 3.71. The normalized spacial score (nSPS) is 10.2. The van der Waals surface area contributed by atoms with Gasteiger partial charge in [0.15, 0.2) is 0 Å². The minimum absolute atomic E-state index is 0.0597. The van der Waals surface area contributed by atoms with E-state index in [0.29, 0.717) is 0 Å². The van der Waals surface area contributed by atoms with Gasteiger partial charge in [0.25, 0.3) is 0 Å².